The van der Waals surface area contributed by atoms with E-state index in [0.29, 0.717) is 11.1 Å². The Morgan fingerprint density at radius 1 is 1.38 bits per heavy atom. The van der Waals surface area contributed by atoms with Crippen molar-refractivity contribution in [2.75, 3.05) is 11.9 Å². The Hall–Kier alpha value is -3.00. The molecule has 1 aromatic carbocycles. The Morgan fingerprint density at radius 3 is 2.88 bits per heavy atom. The van der Waals surface area contributed by atoms with Gasteiger partial charge in [0.05, 0.1) is 24.4 Å². The number of carboxylic acid groups (broad SMARTS) is 1. The number of aryl methyl sites for hydroxylation is 1. The fourth-order valence-corrected chi connectivity index (χ4v) is 2.59. The van der Waals surface area contributed by atoms with E-state index in [4.69, 9.17) is 0 Å². The van der Waals surface area contributed by atoms with Gasteiger partial charge < -0.3 is 15.5 Å². The molecule has 0 aliphatic rings. The van der Waals surface area contributed by atoms with Crippen LogP contribution in [0.1, 0.15) is 15.9 Å². The lowest BCUT2D eigenvalue weighted by Gasteiger charge is -2.16. The minimum atomic E-state index is -1.06. The molecule has 0 aliphatic heterocycles. The molecule has 3 N–H and O–H groups in total. The number of pyridine rings is 1. The van der Waals surface area contributed by atoms with E-state index >= 15 is 0 Å². The minimum Gasteiger partial charge on any atom is -0.478 e. The van der Waals surface area contributed by atoms with Crippen molar-refractivity contribution in [1.29, 1.82) is 0 Å². The first-order valence-electron chi connectivity index (χ1n) is 7.45. The van der Waals surface area contributed by atoms with Crippen molar-refractivity contribution < 1.29 is 15.0 Å². The highest BCUT2D eigenvalue weighted by Gasteiger charge is 2.18. The van der Waals surface area contributed by atoms with Crippen LogP contribution >= 0.6 is 0 Å². The fraction of sp³-hybridized carbons (Fsp3) is 0.250. The summed E-state index contributed by atoms with van der Waals surface area (Å²) in [5.74, 6) is -0.810. The SMILES string of the molecule is Cc1c(C(=O)O)c(NCC(O)Cn2ccnn2)nc2ccccc12. The van der Waals surface area contributed by atoms with Gasteiger partial charge in [0.25, 0.3) is 0 Å². The lowest BCUT2D eigenvalue weighted by molar-refractivity contribution is 0.0696. The predicted molar refractivity (Wildman–Crippen MR) is 88.0 cm³/mol. The van der Waals surface area contributed by atoms with E-state index in [0.717, 1.165) is 5.39 Å². The molecule has 0 radical (unpaired) electrons. The number of aliphatic hydroxyl groups is 1. The van der Waals surface area contributed by atoms with Crippen LogP contribution in [0, 0.1) is 6.92 Å². The first kappa shape index (κ1) is 15.9. The van der Waals surface area contributed by atoms with Crippen LogP contribution in [0.2, 0.25) is 0 Å². The zero-order valence-electron chi connectivity index (χ0n) is 13.0. The quantitative estimate of drug-likeness (QED) is 0.625. The number of nitrogens with zero attached hydrogens (tertiary/aromatic N) is 4. The summed E-state index contributed by atoms with van der Waals surface area (Å²) in [5, 5.41) is 30.8. The molecule has 0 amide bonds. The van der Waals surface area contributed by atoms with E-state index in [9.17, 15) is 15.0 Å². The Morgan fingerprint density at radius 2 is 2.17 bits per heavy atom. The number of rotatable bonds is 6. The van der Waals surface area contributed by atoms with Gasteiger partial charge in [-0.05, 0) is 18.6 Å². The van der Waals surface area contributed by atoms with Crippen LogP contribution < -0.4 is 5.32 Å². The van der Waals surface area contributed by atoms with Gasteiger partial charge in [0.15, 0.2) is 0 Å². The number of para-hydroxylation sites is 1. The standard InChI is InChI=1S/C16H17N5O3/c1-10-12-4-2-3-5-13(12)19-15(14(10)16(23)24)17-8-11(22)9-21-7-6-18-20-21/h2-7,11,22H,8-9H2,1H3,(H,17,19)(H,23,24). The highest BCUT2D eigenvalue weighted by Crippen LogP contribution is 2.26. The van der Waals surface area contributed by atoms with Crippen LogP contribution in [0.4, 0.5) is 5.82 Å². The van der Waals surface area contributed by atoms with E-state index < -0.39 is 12.1 Å². The van der Waals surface area contributed by atoms with Crippen molar-refractivity contribution in [2.45, 2.75) is 19.6 Å². The van der Waals surface area contributed by atoms with Gasteiger partial charge in [0, 0.05) is 18.1 Å². The van der Waals surface area contributed by atoms with E-state index in [1.807, 2.05) is 24.3 Å². The molecule has 3 aromatic rings. The van der Waals surface area contributed by atoms with E-state index in [2.05, 4.69) is 20.6 Å². The smallest absolute Gasteiger partial charge is 0.339 e. The summed E-state index contributed by atoms with van der Waals surface area (Å²) in [6.45, 7) is 2.15. The van der Waals surface area contributed by atoms with Gasteiger partial charge in [-0.3, -0.25) is 0 Å². The molecule has 0 saturated carbocycles. The second-order valence-corrected chi connectivity index (χ2v) is 5.44. The average molecular weight is 327 g/mol. The third-order valence-electron chi connectivity index (χ3n) is 3.74. The van der Waals surface area contributed by atoms with Crippen molar-refractivity contribution in [2.24, 2.45) is 0 Å². The van der Waals surface area contributed by atoms with Gasteiger partial charge in [0.1, 0.15) is 11.4 Å². The molecule has 2 aromatic heterocycles. The normalized spacial score (nSPS) is 12.2. The largest absolute Gasteiger partial charge is 0.478 e. The van der Waals surface area contributed by atoms with Crippen molar-refractivity contribution in [3.63, 3.8) is 0 Å². The number of fused-ring (bicyclic) bond motifs is 1. The zero-order chi connectivity index (χ0) is 17.1. The molecule has 2 heterocycles. The molecule has 0 fully saturated rings. The van der Waals surface area contributed by atoms with Crippen LogP contribution in [0.15, 0.2) is 36.7 Å². The molecule has 124 valence electrons. The summed E-state index contributed by atoms with van der Waals surface area (Å²) in [6, 6.07) is 7.36. The third kappa shape index (κ3) is 3.18. The number of aliphatic hydroxyl groups excluding tert-OH is 1. The molecular weight excluding hydrogens is 310 g/mol. The molecular formula is C16H17N5O3. The van der Waals surface area contributed by atoms with Crippen LogP contribution in [0.3, 0.4) is 0 Å². The number of carbonyl (C=O) groups is 1. The molecule has 3 rings (SSSR count). The van der Waals surface area contributed by atoms with Crippen LogP contribution in [0.5, 0.6) is 0 Å². The van der Waals surface area contributed by atoms with E-state index in [1.54, 1.807) is 13.1 Å². The maximum atomic E-state index is 11.6. The third-order valence-corrected chi connectivity index (χ3v) is 3.74. The predicted octanol–water partition coefficient (Wildman–Crippen LogP) is 1.31. The molecule has 0 saturated heterocycles. The monoisotopic (exact) mass is 327 g/mol. The second-order valence-electron chi connectivity index (χ2n) is 5.44. The Bertz CT molecular complexity index is 864. The number of carboxylic acids is 1. The topological polar surface area (TPSA) is 113 Å². The Labute approximate surface area is 137 Å². The van der Waals surface area contributed by atoms with Crippen molar-refractivity contribution in [3.8, 4) is 0 Å². The van der Waals surface area contributed by atoms with Crippen LogP contribution in [-0.4, -0.2) is 48.8 Å². The first-order valence-corrected chi connectivity index (χ1v) is 7.45. The lowest BCUT2D eigenvalue weighted by atomic mass is 10.0. The number of hydrogen-bond acceptors (Lipinski definition) is 6. The molecule has 0 aliphatic carbocycles. The fourth-order valence-electron chi connectivity index (χ4n) is 2.59. The number of anilines is 1. The molecule has 0 spiro atoms. The average Bonchev–Trinajstić information content (AvgIpc) is 3.05. The highest BCUT2D eigenvalue weighted by molar-refractivity contribution is 6.01. The van der Waals surface area contributed by atoms with Gasteiger partial charge in [-0.25, -0.2) is 14.5 Å². The van der Waals surface area contributed by atoms with Gasteiger partial charge in [0.2, 0.25) is 0 Å². The summed E-state index contributed by atoms with van der Waals surface area (Å²) >= 11 is 0. The lowest BCUT2D eigenvalue weighted by Crippen LogP contribution is -2.26. The second kappa shape index (κ2) is 6.63. The van der Waals surface area contributed by atoms with E-state index in [1.165, 1.54) is 10.9 Å². The summed E-state index contributed by atoms with van der Waals surface area (Å²) in [5.41, 5.74) is 1.45. The van der Waals surface area contributed by atoms with E-state index in [-0.39, 0.29) is 24.5 Å². The number of aromatic carboxylic acids is 1. The maximum Gasteiger partial charge on any atom is 0.339 e. The van der Waals surface area contributed by atoms with Crippen molar-refractivity contribution in [3.05, 3.63) is 47.8 Å². The first-order chi connectivity index (χ1) is 11.6. The maximum absolute atomic E-state index is 11.6. The molecule has 0 bridgehead atoms. The van der Waals surface area contributed by atoms with Gasteiger partial charge >= 0.3 is 5.97 Å². The zero-order valence-corrected chi connectivity index (χ0v) is 13.0. The minimum absolute atomic E-state index is 0.113. The highest BCUT2D eigenvalue weighted by atomic mass is 16.4. The number of hydrogen-bond donors (Lipinski definition) is 3. The summed E-state index contributed by atoms with van der Waals surface area (Å²) in [7, 11) is 0. The van der Waals surface area contributed by atoms with Crippen LogP contribution in [-0.2, 0) is 6.54 Å². The summed E-state index contributed by atoms with van der Waals surface area (Å²) in [6.07, 6.45) is 2.41. The number of aromatic nitrogens is 4. The number of benzene rings is 1. The summed E-state index contributed by atoms with van der Waals surface area (Å²) in [4.78, 5) is 16.0. The Kier molecular flexibility index (Phi) is 4.39. The summed E-state index contributed by atoms with van der Waals surface area (Å²) < 4.78 is 1.50. The molecule has 24 heavy (non-hydrogen) atoms. The number of nitrogens with one attached hydrogen (secondary N) is 1. The molecule has 8 heteroatoms. The van der Waals surface area contributed by atoms with Crippen LogP contribution in [0.25, 0.3) is 10.9 Å². The Balaban J connectivity index is 1.85. The van der Waals surface area contributed by atoms with Gasteiger partial charge in [-0.2, -0.15) is 0 Å². The molecule has 8 nitrogen and oxygen atoms in total. The molecule has 1 unspecified atom stereocenters. The van der Waals surface area contributed by atoms with Crippen molar-refractivity contribution >= 4 is 22.7 Å². The molecule has 1 atom stereocenters. The van der Waals surface area contributed by atoms with Crippen molar-refractivity contribution in [1.82, 2.24) is 20.0 Å². The van der Waals surface area contributed by atoms with Gasteiger partial charge in [-0.1, -0.05) is 23.4 Å². The van der Waals surface area contributed by atoms with Gasteiger partial charge in [-0.15, -0.1) is 5.10 Å².